The molecule has 0 saturated carbocycles. The minimum absolute atomic E-state index is 0.0391. The molecule has 144 valence electrons. The average Bonchev–Trinajstić information content (AvgIpc) is 3.38. The number of carbonyl (C=O) groups is 1. The van der Waals surface area contributed by atoms with E-state index in [4.69, 9.17) is 9.47 Å². The Morgan fingerprint density at radius 3 is 3.14 bits per heavy atom. The third-order valence-electron chi connectivity index (χ3n) is 5.12. The second-order valence-electron chi connectivity index (χ2n) is 7.01. The Labute approximate surface area is 166 Å². The number of fused-ring (bicyclic) bond motifs is 2. The molecule has 1 saturated heterocycles. The lowest BCUT2D eigenvalue weighted by atomic mass is 9.97. The molecule has 2 aromatic heterocycles. The maximum Gasteiger partial charge on any atom is 0.231 e. The van der Waals surface area contributed by atoms with Gasteiger partial charge in [-0.15, -0.1) is 0 Å². The first-order valence-corrected chi connectivity index (χ1v) is 10.2. The van der Waals surface area contributed by atoms with Crippen LogP contribution in [-0.2, 0) is 11.3 Å². The first kappa shape index (κ1) is 17.2. The van der Waals surface area contributed by atoms with Crippen molar-refractivity contribution in [1.29, 1.82) is 0 Å². The summed E-state index contributed by atoms with van der Waals surface area (Å²) < 4.78 is 10.7. The number of pyridine rings is 1. The standard InChI is InChI=1S/C20H20N4O3S/c25-18(22-10-13-5-6-16-17(9-13)27-12-26-16)14-3-2-8-24(11-14)20-23-15-4-1-7-21-19(15)28-20/h1,4-7,9,14H,2-3,8,10-12H2,(H,22,25). The van der Waals surface area contributed by atoms with E-state index in [-0.39, 0.29) is 18.6 Å². The van der Waals surface area contributed by atoms with Crippen molar-refractivity contribution in [2.24, 2.45) is 5.92 Å². The molecule has 1 aromatic carbocycles. The Bertz CT molecular complexity index is 989. The van der Waals surface area contributed by atoms with Crippen molar-refractivity contribution in [3.63, 3.8) is 0 Å². The van der Waals surface area contributed by atoms with Crippen LogP contribution in [0.3, 0.4) is 0 Å². The van der Waals surface area contributed by atoms with Crippen LogP contribution < -0.4 is 19.7 Å². The van der Waals surface area contributed by atoms with E-state index in [1.165, 1.54) is 0 Å². The molecule has 3 aromatic rings. The number of amides is 1. The molecule has 0 spiro atoms. The number of nitrogens with zero attached hydrogens (tertiary/aromatic N) is 3. The van der Waals surface area contributed by atoms with Crippen LogP contribution in [0.5, 0.6) is 11.5 Å². The molecule has 8 heteroatoms. The van der Waals surface area contributed by atoms with E-state index < -0.39 is 0 Å². The summed E-state index contributed by atoms with van der Waals surface area (Å²) in [5, 5.41) is 4.01. The van der Waals surface area contributed by atoms with Gasteiger partial charge in [-0.3, -0.25) is 4.79 Å². The Hall–Kier alpha value is -2.87. The second kappa shape index (κ2) is 7.27. The summed E-state index contributed by atoms with van der Waals surface area (Å²) in [4.78, 5) is 24.9. The molecule has 0 radical (unpaired) electrons. The van der Waals surface area contributed by atoms with Crippen LogP contribution in [-0.4, -0.2) is 35.8 Å². The highest BCUT2D eigenvalue weighted by Gasteiger charge is 2.27. The van der Waals surface area contributed by atoms with Crippen LogP contribution in [0, 0.1) is 5.92 Å². The third kappa shape index (κ3) is 3.35. The summed E-state index contributed by atoms with van der Waals surface area (Å²) >= 11 is 1.59. The average molecular weight is 396 g/mol. The van der Waals surface area contributed by atoms with Gasteiger partial charge in [-0.1, -0.05) is 17.4 Å². The van der Waals surface area contributed by atoms with E-state index in [1.807, 2.05) is 30.3 Å². The predicted octanol–water partition coefficient (Wildman–Crippen LogP) is 2.95. The zero-order valence-electron chi connectivity index (χ0n) is 15.3. The summed E-state index contributed by atoms with van der Waals surface area (Å²) in [5.74, 6) is 1.53. The van der Waals surface area contributed by atoms with Crippen LogP contribution in [0.1, 0.15) is 18.4 Å². The molecule has 2 aliphatic heterocycles. The Morgan fingerprint density at radius 1 is 1.29 bits per heavy atom. The smallest absolute Gasteiger partial charge is 0.231 e. The van der Waals surface area contributed by atoms with Crippen molar-refractivity contribution in [3.8, 4) is 11.5 Å². The second-order valence-corrected chi connectivity index (χ2v) is 7.97. The van der Waals surface area contributed by atoms with E-state index in [2.05, 4.69) is 20.2 Å². The number of thiazole rings is 1. The quantitative estimate of drug-likeness (QED) is 0.731. The molecule has 1 amide bonds. The molecule has 5 rings (SSSR count). The van der Waals surface area contributed by atoms with Gasteiger partial charge in [0, 0.05) is 25.8 Å². The fourth-order valence-corrected chi connectivity index (χ4v) is 4.59. The fraction of sp³-hybridized carbons (Fsp3) is 0.350. The molecular formula is C20H20N4O3S. The molecule has 28 heavy (non-hydrogen) atoms. The molecule has 0 bridgehead atoms. The summed E-state index contributed by atoms with van der Waals surface area (Å²) in [6.45, 7) is 2.35. The van der Waals surface area contributed by atoms with Gasteiger partial charge in [-0.2, -0.15) is 0 Å². The lowest BCUT2D eigenvalue weighted by molar-refractivity contribution is -0.125. The van der Waals surface area contributed by atoms with Gasteiger partial charge in [0.2, 0.25) is 12.7 Å². The highest BCUT2D eigenvalue weighted by molar-refractivity contribution is 7.21. The Balaban J connectivity index is 1.22. The molecule has 7 nitrogen and oxygen atoms in total. The first-order valence-electron chi connectivity index (χ1n) is 9.39. The van der Waals surface area contributed by atoms with Crippen LogP contribution in [0.25, 0.3) is 10.3 Å². The summed E-state index contributed by atoms with van der Waals surface area (Å²) in [6.07, 6.45) is 3.66. The lowest BCUT2D eigenvalue weighted by Crippen LogP contribution is -2.42. The molecule has 4 heterocycles. The van der Waals surface area contributed by atoms with Crippen molar-refractivity contribution in [2.75, 3.05) is 24.8 Å². The van der Waals surface area contributed by atoms with Crippen molar-refractivity contribution in [1.82, 2.24) is 15.3 Å². The highest BCUT2D eigenvalue weighted by atomic mass is 32.1. The van der Waals surface area contributed by atoms with Crippen LogP contribution in [0.2, 0.25) is 0 Å². The van der Waals surface area contributed by atoms with Crippen molar-refractivity contribution >= 4 is 32.7 Å². The minimum atomic E-state index is -0.0391. The van der Waals surface area contributed by atoms with Gasteiger partial charge in [0.05, 0.1) is 5.92 Å². The largest absolute Gasteiger partial charge is 0.454 e. The molecule has 1 unspecified atom stereocenters. The number of benzene rings is 1. The molecule has 0 aliphatic carbocycles. The number of piperidine rings is 1. The maximum absolute atomic E-state index is 12.7. The monoisotopic (exact) mass is 396 g/mol. The fourth-order valence-electron chi connectivity index (χ4n) is 3.64. The summed E-state index contributed by atoms with van der Waals surface area (Å²) in [5.41, 5.74) is 1.92. The maximum atomic E-state index is 12.7. The van der Waals surface area contributed by atoms with E-state index in [1.54, 1.807) is 17.5 Å². The van der Waals surface area contributed by atoms with Crippen LogP contribution in [0.15, 0.2) is 36.5 Å². The first-order chi connectivity index (χ1) is 13.8. The molecular weight excluding hydrogens is 376 g/mol. The molecule has 1 N–H and O–H groups in total. The molecule has 2 aliphatic rings. The van der Waals surface area contributed by atoms with Crippen molar-refractivity contribution < 1.29 is 14.3 Å². The summed E-state index contributed by atoms with van der Waals surface area (Å²) in [6, 6.07) is 9.63. The van der Waals surface area contributed by atoms with Crippen LogP contribution >= 0.6 is 11.3 Å². The zero-order chi connectivity index (χ0) is 18.9. The van der Waals surface area contributed by atoms with Crippen LogP contribution in [0.4, 0.5) is 5.13 Å². The number of anilines is 1. The van der Waals surface area contributed by atoms with Crippen molar-refractivity contribution in [3.05, 3.63) is 42.1 Å². The minimum Gasteiger partial charge on any atom is -0.454 e. The number of ether oxygens (including phenoxy) is 2. The predicted molar refractivity (Wildman–Crippen MR) is 107 cm³/mol. The van der Waals surface area contributed by atoms with Gasteiger partial charge >= 0.3 is 0 Å². The van der Waals surface area contributed by atoms with Gasteiger partial charge in [0.1, 0.15) is 10.3 Å². The number of carbonyl (C=O) groups excluding carboxylic acids is 1. The lowest BCUT2D eigenvalue weighted by Gasteiger charge is -2.31. The Kier molecular flexibility index (Phi) is 4.48. The van der Waals surface area contributed by atoms with Gasteiger partial charge < -0.3 is 19.7 Å². The van der Waals surface area contributed by atoms with Gasteiger partial charge in [0.25, 0.3) is 0 Å². The SMILES string of the molecule is O=C(NCc1ccc2c(c1)OCO2)C1CCCN(c2nc3cccnc3s2)C1. The zero-order valence-corrected chi connectivity index (χ0v) is 16.1. The number of rotatable bonds is 4. The van der Waals surface area contributed by atoms with E-state index in [9.17, 15) is 4.79 Å². The van der Waals surface area contributed by atoms with Gasteiger partial charge in [-0.05, 0) is 42.7 Å². The third-order valence-corrected chi connectivity index (χ3v) is 6.16. The molecule has 1 fully saturated rings. The van der Waals surface area contributed by atoms with Crippen molar-refractivity contribution in [2.45, 2.75) is 19.4 Å². The van der Waals surface area contributed by atoms with Gasteiger partial charge in [-0.25, -0.2) is 9.97 Å². The molecule has 1 atom stereocenters. The summed E-state index contributed by atoms with van der Waals surface area (Å²) in [7, 11) is 0. The van der Waals surface area contributed by atoms with E-state index in [0.29, 0.717) is 13.1 Å². The van der Waals surface area contributed by atoms with E-state index >= 15 is 0 Å². The Morgan fingerprint density at radius 2 is 2.21 bits per heavy atom. The number of aromatic nitrogens is 2. The number of nitrogens with one attached hydrogen (secondary N) is 1. The number of hydrogen-bond acceptors (Lipinski definition) is 7. The van der Waals surface area contributed by atoms with Gasteiger partial charge in [0.15, 0.2) is 16.6 Å². The van der Waals surface area contributed by atoms with E-state index in [0.717, 1.165) is 51.9 Å². The highest BCUT2D eigenvalue weighted by Crippen LogP contribution is 2.33. The topological polar surface area (TPSA) is 76.6 Å². The normalized spacial score (nSPS) is 18.4. The number of hydrogen-bond donors (Lipinski definition) is 1.